The zero-order chi connectivity index (χ0) is 14.7. The van der Waals surface area contributed by atoms with Crippen LogP contribution in [0.3, 0.4) is 0 Å². The molecule has 0 saturated heterocycles. The van der Waals surface area contributed by atoms with Crippen LogP contribution in [0.4, 0.5) is 0 Å². The molecule has 0 amide bonds. The van der Waals surface area contributed by atoms with E-state index in [1.54, 1.807) is 18.4 Å². The van der Waals surface area contributed by atoms with E-state index in [0.29, 0.717) is 30.1 Å². The summed E-state index contributed by atoms with van der Waals surface area (Å²) in [5.41, 5.74) is 0.803. The maximum atomic E-state index is 10.9. The Morgan fingerprint density at radius 1 is 1.19 bits per heavy atom. The first-order valence-electron chi connectivity index (χ1n) is 6.41. The number of furan rings is 1. The Labute approximate surface area is 120 Å². The Bertz CT molecular complexity index is 747. The van der Waals surface area contributed by atoms with Crippen molar-refractivity contribution in [1.82, 2.24) is 10.1 Å². The third kappa shape index (κ3) is 3.00. The van der Waals surface area contributed by atoms with Crippen molar-refractivity contribution in [2.24, 2.45) is 0 Å². The van der Waals surface area contributed by atoms with Gasteiger partial charge in [-0.25, -0.2) is 4.79 Å². The minimum Gasteiger partial charge on any atom is -0.478 e. The molecule has 0 atom stereocenters. The Morgan fingerprint density at radius 2 is 2.10 bits per heavy atom. The molecule has 0 saturated carbocycles. The first kappa shape index (κ1) is 13.1. The monoisotopic (exact) mass is 284 g/mol. The van der Waals surface area contributed by atoms with Crippen LogP contribution in [0.25, 0.3) is 11.4 Å². The van der Waals surface area contributed by atoms with Gasteiger partial charge in [0.25, 0.3) is 0 Å². The smallest absolute Gasteiger partial charge is 0.335 e. The number of aryl methyl sites for hydroxylation is 2. The molecule has 0 aliphatic rings. The second kappa shape index (κ2) is 5.62. The number of aromatic carboxylic acids is 1. The Hall–Kier alpha value is -2.89. The van der Waals surface area contributed by atoms with E-state index in [2.05, 4.69) is 10.1 Å². The van der Waals surface area contributed by atoms with Crippen LogP contribution in [0, 0.1) is 0 Å². The summed E-state index contributed by atoms with van der Waals surface area (Å²) in [6, 6.07) is 10.1. The molecule has 0 spiro atoms. The van der Waals surface area contributed by atoms with Crippen molar-refractivity contribution in [2.75, 3.05) is 0 Å². The van der Waals surface area contributed by atoms with Gasteiger partial charge >= 0.3 is 5.97 Å². The highest BCUT2D eigenvalue weighted by Gasteiger charge is 2.11. The average molecular weight is 284 g/mol. The highest BCUT2D eigenvalue weighted by atomic mass is 16.5. The summed E-state index contributed by atoms with van der Waals surface area (Å²) in [5, 5.41) is 12.9. The van der Waals surface area contributed by atoms with Gasteiger partial charge in [0.1, 0.15) is 5.76 Å². The molecule has 6 nitrogen and oxygen atoms in total. The normalized spacial score (nSPS) is 10.7. The summed E-state index contributed by atoms with van der Waals surface area (Å²) in [6.45, 7) is 0. The molecule has 6 heteroatoms. The van der Waals surface area contributed by atoms with Gasteiger partial charge in [-0.1, -0.05) is 17.3 Å². The predicted octanol–water partition coefficient (Wildman–Crippen LogP) is 2.81. The van der Waals surface area contributed by atoms with Crippen molar-refractivity contribution in [3.63, 3.8) is 0 Å². The van der Waals surface area contributed by atoms with Crippen LogP contribution in [-0.4, -0.2) is 21.2 Å². The number of carboxylic acid groups (broad SMARTS) is 1. The van der Waals surface area contributed by atoms with Crippen molar-refractivity contribution in [3.05, 3.63) is 59.9 Å². The fraction of sp³-hybridized carbons (Fsp3) is 0.133. The van der Waals surface area contributed by atoms with Gasteiger partial charge in [-0.05, 0) is 24.3 Å². The number of hydrogen-bond donors (Lipinski definition) is 1. The third-order valence-electron chi connectivity index (χ3n) is 3.00. The van der Waals surface area contributed by atoms with Crippen LogP contribution in [0.15, 0.2) is 51.6 Å². The number of carboxylic acids is 1. The molecule has 0 radical (unpaired) electrons. The van der Waals surface area contributed by atoms with Crippen LogP contribution in [-0.2, 0) is 12.8 Å². The van der Waals surface area contributed by atoms with Crippen molar-refractivity contribution in [2.45, 2.75) is 12.8 Å². The second-order valence-electron chi connectivity index (χ2n) is 4.48. The Morgan fingerprint density at radius 3 is 2.86 bits per heavy atom. The van der Waals surface area contributed by atoms with Gasteiger partial charge in [0.05, 0.1) is 11.8 Å². The van der Waals surface area contributed by atoms with Gasteiger partial charge in [-0.15, -0.1) is 0 Å². The maximum absolute atomic E-state index is 10.9. The SMILES string of the molecule is O=C(O)c1cccc(-c2noc(CCc3ccco3)n2)c1. The van der Waals surface area contributed by atoms with E-state index in [-0.39, 0.29) is 5.56 Å². The first-order chi connectivity index (χ1) is 10.2. The highest BCUT2D eigenvalue weighted by Crippen LogP contribution is 2.18. The van der Waals surface area contributed by atoms with Gasteiger partial charge in [0, 0.05) is 18.4 Å². The summed E-state index contributed by atoms with van der Waals surface area (Å²) in [6.07, 6.45) is 2.86. The summed E-state index contributed by atoms with van der Waals surface area (Å²) in [4.78, 5) is 15.2. The topological polar surface area (TPSA) is 89.4 Å². The lowest BCUT2D eigenvalue weighted by Crippen LogP contribution is -1.96. The Kier molecular flexibility index (Phi) is 3.51. The average Bonchev–Trinajstić information content (AvgIpc) is 3.17. The van der Waals surface area contributed by atoms with Gasteiger partial charge in [-0.2, -0.15) is 4.98 Å². The number of benzene rings is 1. The van der Waals surface area contributed by atoms with Crippen LogP contribution < -0.4 is 0 Å². The molecular weight excluding hydrogens is 272 g/mol. The van der Waals surface area contributed by atoms with Crippen molar-refractivity contribution in [1.29, 1.82) is 0 Å². The minimum atomic E-state index is -0.988. The molecule has 0 unspecified atom stereocenters. The van der Waals surface area contributed by atoms with Gasteiger partial charge in [0.15, 0.2) is 0 Å². The van der Waals surface area contributed by atoms with E-state index in [1.165, 1.54) is 12.1 Å². The largest absolute Gasteiger partial charge is 0.478 e. The van der Waals surface area contributed by atoms with E-state index < -0.39 is 5.97 Å². The molecule has 21 heavy (non-hydrogen) atoms. The number of carbonyl (C=O) groups is 1. The van der Waals surface area contributed by atoms with Crippen LogP contribution in [0.1, 0.15) is 22.0 Å². The summed E-state index contributed by atoms with van der Waals surface area (Å²) in [5.74, 6) is 0.732. The summed E-state index contributed by atoms with van der Waals surface area (Å²) >= 11 is 0. The van der Waals surface area contributed by atoms with E-state index >= 15 is 0 Å². The number of hydrogen-bond acceptors (Lipinski definition) is 5. The lowest BCUT2D eigenvalue weighted by atomic mass is 10.1. The maximum Gasteiger partial charge on any atom is 0.335 e. The van der Waals surface area contributed by atoms with E-state index in [1.807, 2.05) is 12.1 Å². The van der Waals surface area contributed by atoms with E-state index in [4.69, 9.17) is 14.0 Å². The molecule has 1 aromatic carbocycles. The molecular formula is C15H12N2O4. The van der Waals surface area contributed by atoms with Crippen molar-refractivity contribution >= 4 is 5.97 Å². The fourth-order valence-corrected chi connectivity index (χ4v) is 1.95. The molecule has 1 N–H and O–H groups in total. The number of aromatic nitrogens is 2. The molecule has 2 aromatic heterocycles. The zero-order valence-electron chi connectivity index (χ0n) is 11.0. The summed E-state index contributed by atoms with van der Waals surface area (Å²) in [7, 11) is 0. The van der Waals surface area contributed by atoms with Crippen LogP contribution >= 0.6 is 0 Å². The zero-order valence-corrected chi connectivity index (χ0v) is 11.0. The van der Waals surface area contributed by atoms with E-state index in [0.717, 1.165) is 5.76 Å². The molecule has 106 valence electrons. The quantitative estimate of drug-likeness (QED) is 0.774. The summed E-state index contributed by atoms with van der Waals surface area (Å²) < 4.78 is 10.4. The molecule has 3 rings (SSSR count). The van der Waals surface area contributed by atoms with E-state index in [9.17, 15) is 4.79 Å². The Balaban J connectivity index is 1.75. The van der Waals surface area contributed by atoms with Gasteiger partial charge in [0.2, 0.25) is 11.7 Å². The lowest BCUT2D eigenvalue weighted by Gasteiger charge is -1.96. The lowest BCUT2D eigenvalue weighted by molar-refractivity contribution is 0.0697. The minimum absolute atomic E-state index is 0.189. The predicted molar refractivity (Wildman–Crippen MR) is 72.8 cm³/mol. The second-order valence-corrected chi connectivity index (χ2v) is 4.48. The first-order valence-corrected chi connectivity index (χ1v) is 6.41. The van der Waals surface area contributed by atoms with Crippen molar-refractivity contribution in [3.8, 4) is 11.4 Å². The third-order valence-corrected chi connectivity index (χ3v) is 3.00. The molecule has 0 aliphatic heterocycles. The van der Waals surface area contributed by atoms with Crippen LogP contribution in [0.5, 0.6) is 0 Å². The molecule has 0 aliphatic carbocycles. The fourth-order valence-electron chi connectivity index (χ4n) is 1.95. The standard InChI is InChI=1S/C15H12N2O4/c18-15(19)11-4-1-3-10(9-11)14-16-13(21-17-14)7-6-12-5-2-8-20-12/h1-5,8-9H,6-7H2,(H,18,19). The molecule has 2 heterocycles. The number of rotatable bonds is 5. The molecule has 3 aromatic rings. The molecule has 0 fully saturated rings. The highest BCUT2D eigenvalue weighted by molar-refractivity contribution is 5.89. The number of nitrogens with zero attached hydrogens (tertiary/aromatic N) is 2. The van der Waals surface area contributed by atoms with Crippen molar-refractivity contribution < 1.29 is 18.8 Å². The van der Waals surface area contributed by atoms with Gasteiger partial charge < -0.3 is 14.0 Å². The molecule has 0 bridgehead atoms. The van der Waals surface area contributed by atoms with Crippen LogP contribution in [0.2, 0.25) is 0 Å². The van der Waals surface area contributed by atoms with Gasteiger partial charge in [-0.3, -0.25) is 0 Å².